The molecular formula is C43H52FN5O8S. The van der Waals surface area contributed by atoms with Gasteiger partial charge < -0.3 is 24.6 Å². The molecular weight excluding hydrogens is 766 g/mol. The molecule has 15 heteroatoms. The van der Waals surface area contributed by atoms with E-state index in [1.54, 1.807) is 24.1 Å². The fourth-order valence-electron chi connectivity index (χ4n) is 8.10. The maximum absolute atomic E-state index is 14.9. The molecule has 2 aliphatic carbocycles. The molecule has 4 amide bonds. The highest BCUT2D eigenvalue weighted by Gasteiger charge is 2.62. The van der Waals surface area contributed by atoms with Crippen LogP contribution in [0.1, 0.15) is 65.7 Å². The Balaban J connectivity index is 1.21. The number of sulfonamides is 1. The minimum atomic E-state index is -3.92. The molecule has 3 heterocycles. The van der Waals surface area contributed by atoms with Crippen molar-refractivity contribution < 1.29 is 41.5 Å². The quantitative estimate of drug-likeness (QED) is 0.228. The van der Waals surface area contributed by atoms with Gasteiger partial charge in [0.05, 0.1) is 36.0 Å². The molecule has 1 aromatic heterocycles. The Kier molecular flexibility index (Phi) is 11.3. The van der Waals surface area contributed by atoms with E-state index < -0.39 is 74.1 Å². The predicted molar refractivity (Wildman–Crippen MR) is 216 cm³/mol. The number of likely N-dealkylation sites (tertiary alicyclic amines) is 2. The van der Waals surface area contributed by atoms with Gasteiger partial charge in [0.15, 0.2) is 0 Å². The van der Waals surface area contributed by atoms with E-state index in [-0.39, 0.29) is 57.6 Å². The first-order chi connectivity index (χ1) is 27.5. The lowest BCUT2D eigenvalue weighted by Gasteiger charge is -2.37. The molecule has 2 aromatic carbocycles. The minimum Gasteiger partial charge on any atom is -0.497 e. The highest BCUT2D eigenvalue weighted by Crippen LogP contribution is 2.46. The Morgan fingerprint density at radius 1 is 1.05 bits per heavy atom. The first-order valence-corrected chi connectivity index (χ1v) is 21.5. The van der Waals surface area contributed by atoms with E-state index in [9.17, 15) is 32.0 Å². The fourth-order valence-corrected chi connectivity index (χ4v) is 9.46. The number of hydrogen-bond donors (Lipinski definition) is 2. The summed E-state index contributed by atoms with van der Waals surface area (Å²) in [6.45, 7) is 9.88. The molecule has 310 valence electrons. The van der Waals surface area contributed by atoms with Crippen molar-refractivity contribution in [3.05, 3.63) is 67.3 Å². The van der Waals surface area contributed by atoms with E-state index in [4.69, 9.17) is 14.5 Å². The molecule has 13 nitrogen and oxygen atoms in total. The molecule has 3 aromatic rings. The molecule has 1 unspecified atom stereocenters. The average Bonchev–Trinajstić information content (AvgIpc) is 4.13. The molecule has 0 radical (unpaired) electrons. The van der Waals surface area contributed by atoms with Gasteiger partial charge in [0.25, 0.3) is 5.91 Å². The molecule has 58 heavy (non-hydrogen) atoms. The Morgan fingerprint density at radius 3 is 2.38 bits per heavy atom. The Labute approximate surface area is 338 Å². The Morgan fingerprint density at radius 2 is 1.76 bits per heavy atom. The van der Waals surface area contributed by atoms with Crippen LogP contribution < -0.4 is 19.5 Å². The molecule has 7 rings (SSSR count). The van der Waals surface area contributed by atoms with Crippen LogP contribution in [0.3, 0.4) is 0 Å². The Bertz CT molecular complexity index is 2200. The van der Waals surface area contributed by atoms with E-state index in [2.05, 4.69) is 16.6 Å². The summed E-state index contributed by atoms with van der Waals surface area (Å²) in [4.78, 5) is 64.6. The van der Waals surface area contributed by atoms with Gasteiger partial charge in [0, 0.05) is 54.9 Å². The number of fused-ring (bicyclic) bond motifs is 1. The number of alkyl halides is 1. The number of nitrogens with zero attached hydrogens (tertiary/aromatic N) is 3. The van der Waals surface area contributed by atoms with Crippen LogP contribution in [0.25, 0.3) is 22.2 Å². The number of piperidine rings is 1. The first-order valence-electron chi connectivity index (χ1n) is 20.0. The monoisotopic (exact) mass is 817 g/mol. The van der Waals surface area contributed by atoms with Crippen LogP contribution in [0.4, 0.5) is 4.39 Å². The van der Waals surface area contributed by atoms with Gasteiger partial charge in [-0.2, -0.15) is 0 Å². The number of amides is 4. The molecule has 0 spiro atoms. The molecule has 2 aliphatic heterocycles. The second kappa shape index (κ2) is 16.0. The van der Waals surface area contributed by atoms with Crippen LogP contribution in [0.5, 0.6) is 11.5 Å². The zero-order valence-corrected chi connectivity index (χ0v) is 34.2. The summed E-state index contributed by atoms with van der Waals surface area (Å²) in [5.41, 5.74) is -0.199. The number of methoxy groups -OCH3 is 1. The summed E-state index contributed by atoms with van der Waals surface area (Å²) >= 11 is 0. The fraction of sp³-hybridized carbons (Fsp3) is 0.512. The number of carbonyl (C=O) groups excluding carboxylic acids is 4. The van der Waals surface area contributed by atoms with E-state index in [1.165, 1.54) is 11.0 Å². The lowest BCUT2D eigenvalue weighted by atomic mass is 9.77. The number of hydrogen-bond acceptors (Lipinski definition) is 9. The van der Waals surface area contributed by atoms with E-state index in [0.717, 1.165) is 5.56 Å². The zero-order valence-electron chi connectivity index (χ0n) is 33.4. The molecule has 2 saturated heterocycles. The second-order valence-corrected chi connectivity index (χ2v) is 19.1. The number of aromatic nitrogens is 1. The van der Waals surface area contributed by atoms with Gasteiger partial charge >= 0.3 is 0 Å². The number of carbonyl (C=O) groups is 4. The van der Waals surface area contributed by atoms with Crippen LogP contribution in [0.2, 0.25) is 0 Å². The normalized spacial score (nSPS) is 24.2. The van der Waals surface area contributed by atoms with E-state index in [0.29, 0.717) is 40.9 Å². The minimum absolute atomic E-state index is 0.0221. The molecule has 2 saturated carbocycles. The molecule has 2 N–H and O–H groups in total. The van der Waals surface area contributed by atoms with Gasteiger partial charge in [-0.15, -0.1) is 6.58 Å². The van der Waals surface area contributed by atoms with Gasteiger partial charge in [0.2, 0.25) is 27.7 Å². The lowest BCUT2D eigenvalue weighted by Crippen LogP contribution is -2.57. The third kappa shape index (κ3) is 8.55. The number of benzene rings is 2. The van der Waals surface area contributed by atoms with Crippen LogP contribution >= 0.6 is 0 Å². The largest absolute Gasteiger partial charge is 0.497 e. The van der Waals surface area contributed by atoms with E-state index >= 15 is 0 Å². The summed E-state index contributed by atoms with van der Waals surface area (Å²) in [5.74, 6) is -2.52. The van der Waals surface area contributed by atoms with Crippen molar-refractivity contribution in [2.75, 3.05) is 26.7 Å². The van der Waals surface area contributed by atoms with Crippen molar-refractivity contribution in [3.8, 4) is 22.8 Å². The van der Waals surface area contributed by atoms with Crippen molar-refractivity contribution >= 4 is 44.6 Å². The number of ether oxygens (including phenoxy) is 2. The molecule has 5 atom stereocenters. The number of nitrogens with one attached hydrogen (secondary N) is 2. The van der Waals surface area contributed by atoms with Gasteiger partial charge in [-0.05, 0) is 49.7 Å². The molecule has 4 aliphatic rings. The highest BCUT2D eigenvalue weighted by atomic mass is 32.2. The topological polar surface area (TPSA) is 164 Å². The van der Waals surface area contributed by atoms with Crippen molar-refractivity contribution in [1.29, 1.82) is 0 Å². The van der Waals surface area contributed by atoms with Crippen molar-refractivity contribution in [3.63, 3.8) is 0 Å². The average molecular weight is 818 g/mol. The summed E-state index contributed by atoms with van der Waals surface area (Å²) in [6.07, 6.45) is 1.22. The summed E-state index contributed by atoms with van der Waals surface area (Å²) in [6, 6.07) is 15.7. The summed E-state index contributed by atoms with van der Waals surface area (Å²) in [7, 11) is -2.35. The lowest BCUT2D eigenvalue weighted by molar-refractivity contribution is -0.149. The smallest absolute Gasteiger partial charge is 0.259 e. The molecule has 0 bridgehead atoms. The second-order valence-electron chi connectivity index (χ2n) is 17.1. The van der Waals surface area contributed by atoms with Gasteiger partial charge in [-0.25, -0.2) is 17.8 Å². The third-order valence-corrected chi connectivity index (χ3v) is 13.8. The maximum atomic E-state index is 14.9. The molecule has 4 fully saturated rings. The summed E-state index contributed by atoms with van der Waals surface area (Å²) < 4.78 is 54.0. The first kappa shape index (κ1) is 41.1. The highest BCUT2D eigenvalue weighted by molar-refractivity contribution is 7.91. The van der Waals surface area contributed by atoms with Crippen LogP contribution in [0, 0.1) is 17.3 Å². The van der Waals surface area contributed by atoms with Gasteiger partial charge in [-0.1, -0.05) is 57.2 Å². The number of rotatable bonds is 13. The summed E-state index contributed by atoms with van der Waals surface area (Å²) in [5, 5.41) is 2.87. The zero-order chi connectivity index (χ0) is 41.6. The van der Waals surface area contributed by atoms with E-state index in [1.807, 2.05) is 63.2 Å². The van der Waals surface area contributed by atoms with Crippen molar-refractivity contribution in [2.45, 2.75) is 94.8 Å². The van der Waals surface area contributed by atoms with Gasteiger partial charge in [0.1, 0.15) is 35.4 Å². The van der Waals surface area contributed by atoms with Crippen molar-refractivity contribution in [2.24, 2.45) is 17.3 Å². The number of halogens is 1. The van der Waals surface area contributed by atoms with Crippen molar-refractivity contribution in [1.82, 2.24) is 24.8 Å². The Hall–Kier alpha value is -5.05. The van der Waals surface area contributed by atoms with Crippen LogP contribution in [-0.2, 0) is 29.2 Å². The van der Waals surface area contributed by atoms with Gasteiger partial charge in [-0.3, -0.25) is 23.9 Å². The standard InChI is InChI=1S/C43H52FN5O8S/c1-6-27-24-43(27,41(53)47-58(54,55)31-13-14-31)46-39(51)36-21-30(25-49(36)40(52)33(42(2,3)4)22-38(50)48-18-16-28(44)17-19-48)57-37-23-34(26-10-8-7-9-11-26)45-35-20-29(56-5)12-15-32(35)37/h6-12,15,20,23,27-28,30-31,33,36H,1,13-14,16-19,21-22,24-25H2,2-5H3,(H,46,51)(H,47,53)/t27-,30-,33?,36+,43-/m1/s1. The predicted octanol–water partition coefficient (Wildman–Crippen LogP) is 4.94. The SMILES string of the molecule is C=C[C@@H]1C[C@]1(NC(=O)[C@@H]1C[C@@H](Oc2cc(-c3ccccc3)nc3cc(OC)ccc23)CN1C(=O)C(CC(=O)N1CCC(F)CC1)C(C)(C)C)C(=O)NS(=O)(=O)C1CC1. The third-order valence-electron chi connectivity index (χ3n) is 11.9. The maximum Gasteiger partial charge on any atom is 0.259 e. The van der Waals surface area contributed by atoms with Crippen LogP contribution in [0.15, 0.2) is 67.3 Å². The number of pyridine rings is 1. The van der Waals surface area contributed by atoms with Crippen LogP contribution in [-0.4, -0.2) is 103 Å².